The molecule has 5 heteroatoms. The van der Waals surface area contributed by atoms with Crippen molar-refractivity contribution in [3.63, 3.8) is 0 Å². The van der Waals surface area contributed by atoms with Crippen LogP contribution >= 0.6 is 27.5 Å². The minimum Gasteiger partial charge on any atom is -0.369 e. The van der Waals surface area contributed by atoms with Gasteiger partial charge >= 0.3 is 0 Å². The van der Waals surface area contributed by atoms with Gasteiger partial charge in [-0.15, -0.1) is 0 Å². The number of aromatic nitrogens is 2. The summed E-state index contributed by atoms with van der Waals surface area (Å²) in [7, 11) is 0. The van der Waals surface area contributed by atoms with Gasteiger partial charge < -0.3 is 5.32 Å². The van der Waals surface area contributed by atoms with E-state index in [0.29, 0.717) is 10.9 Å². The summed E-state index contributed by atoms with van der Waals surface area (Å²) in [5.41, 5.74) is 1.97. The van der Waals surface area contributed by atoms with Crippen LogP contribution in [0.5, 0.6) is 0 Å². The zero-order valence-corrected chi connectivity index (χ0v) is 14.8. The number of anilines is 1. The molecule has 0 fully saturated rings. The summed E-state index contributed by atoms with van der Waals surface area (Å²) >= 11 is 9.57. The van der Waals surface area contributed by atoms with Crippen molar-refractivity contribution < 1.29 is 0 Å². The highest BCUT2D eigenvalue weighted by Gasteiger charge is 2.15. The van der Waals surface area contributed by atoms with E-state index in [1.54, 1.807) is 0 Å². The Balaban J connectivity index is 2.50. The fourth-order valence-corrected chi connectivity index (χ4v) is 2.84. The Hall–Kier alpha value is -1.13. The Morgan fingerprint density at radius 3 is 2.43 bits per heavy atom. The van der Waals surface area contributed by atoms with Crippen LogP contribution in [0, 0.1) is 0 Å². The van der Waals surface area contributed by atoms with Gasteiger partial charge in [0.1, 0.15) is 5.82 Å². The standard InChI is InChI=1S/C16H19BrClN3/c1-4-9-19-16-13(17)14(10(2)3)20-15(21-16)11-5-7-12(18)8-6-11/h5-8,10H,4,9H2,1-3H3,(H,19,20,21). The van der Waals surface area contributed by atoms with E-state index in [-0.39, 0.29) is 0 Å². The van der Waals surface area contributed by atoms with Gasteiger partial charge in [0.2, 0.25) is 0 Å². The average molecular weight is 369 g/mol. The molecule has 21 heavy (non-hydrogen) atoms. The molecule has 1 aromatic heterocycles. The Kier molecular flexibility index (Phi) is 5.59. The second-order valence-electron chi connectivity index (χ2n) is 5.18. The van der Waals surface area contributed by atoms with E-state index in [9.17, 15) is 0 Å². The van der Waals surface area contributed by atoms with Crippen LogP contribution in [0.2, 0.25) is 5.02 Å². The fraction of sp³-hybridized carbons (Fsp3) is 0.375. The molecule has 2 aromatic rings. The Labute approximate surface area is 139 Å². The molecule has 112 valence electrons. The molecule has 0 unspecified atom stereocenters. The molecule has 0 saturated carbocycles. The van der Waals surface area contributed by atoms with Gasteiger partial charge in [0.25, 0.3) is 0 Å². The van der Waals surface area contributed by atoms with Crippen molar-refractivity contribution in [3.05, 3.63) is 39.5 Å². The number of rotatable bonds is 5. The first-order valence-corrected chi connectivity index (χ1v) is 8.27. The van der Waals surface area contributed by atoms with Gasteiger partial charge in [0.15, 0.2) is 5.82 Å². The van der Waals surface area contributed by atoms with Gasteiger partial charge in [-0.1, -0.05) is 32.4 Å². The predicted octanol–water partition coefficient (Wildman–Crippen LogP) is 5.50. The topological polar surface area (TPSA) is 37.8 Å². The van der Waals surface area contributed by atoms with Crippen LogP contribution in [0.25, 0.3) is 11.4 Å². The lowest BCUT2D eigenvalue weighted by Crippen LogP contribution is -2.08. The second kappa shape index (κ2) is 7.23. The molecule has 0 radical (unpaired) electrons. The van der Waals surface area contributed by atoms with E-state index in [1.165, 1.54) is 0 Å². The molecule has 1 aromatic carbocycles. The minimum atomic E-state index is 0.315. The Morgan fingerprint density at radius 1 is 1.19 bits per heavy atom. The highest BCUT2D eigenvalue weighted by molar-refractivity contribution is 9.10. The minimum absolute atomic E-state index is 0.315. The van der Waals surface area contributed by atoms with E-state index in [4.69, 9.17) is 16.6 Å². The number of nitrogens with zero attached hydrogens (tertiary/aromatic N) is 2. The lowest BCUT2D eigenvalue weighted by molar-refractivity contribution is 0.808. The first-order valence-electron chi connectivity index (χ1n) is 7.10. The first-order chi connectivity index (χ1) is 10.0. The maximum Gasteiger partial charge on any atom is 0.161 e. The fourth-order valence-electron chi connectivity index (χ4n) is 1.94. The maximum absolute atomic E-state index is 5.95. The monoisotopic (exact) mass is 367 g/mol. The van der Waals surface area contributed by atoms with Gasteiger partial charge in [0, 0.05) is 17.1 Å². The molecule has 2 rings (SSSR count). The third-order valence-corrected chi connectivity index (χ3v) is 4.10. The zero-order valence-electron chi connectivity index (χ0n) is 12.5. The van der Waals surface area contributed by atoms with Crippen molar-refractivity contribution in [2.24, 2.45) is 0 Å². The number of hydrogen-bond acceptors (Lipinski definition) is 3. The van der Waals surface area contributed by atoms with Crippen molar-refractivity contribution in [2.75, 3.05) is 11.9 Å². The normalized spacial score (nSPS) is 11.0. The Bertz CT molecular complexity index is 612. The smallest absolute Gasteiger partial charge is 0.161 e. The van der Waals surface area contributed by atoms with Crippen LogP contribution in [-0.2, 0) is 0 Å². The van der Waals surface area contributed by atoms with Crippen LogP contribution in [0.15, 0.2) is 28.7 Å². The summed E-state index contributed by atoms with van der Waals surface area (Å²) in [6.07, 6.45) is 1.05. The lowest BCUT2D eigenvalue weighted by Gasteiger charge is -2.14. The quantitative estimate of drug-likeness (QED) is 0.756. The number of halogens is 2. The van der Waals surface area contributed by atoms with E-state index < -0.39 is 0 Å². The van der Waals surface area contributed by atoms with Gasteiger partial charge in [-0.25, -0.2) is 9.97 Å². The SMILES string of the molecule is CCCNc1nc(-c2ccc(Cl)cc2)nc(C(C)C)c1Br. The van der Waals surface area contributed by atoms with Crippen molar-refractivity contribution in [3.8, 4) is 11.4 Å². The average Bonchev–Trinajstić information content (AvgIpc) is 2.47. The molecule has 1 N–H and O–H groups in total. The van der Waals surface area contributed by atoms with Crippen molar-refractivity contribution in [1.29, 1.82) is 0 Å². The summed E-state index contributed by atoms with van der Waals surface area (Å²) in [4.78, 5) is 9.34. The second-order valence-corrected chi connectivity index (χ2v) is 6.41. The molecule has 0 aliphatic carbocycles. The summed E-state index contributed by atoms with van der Waals surface area (Å²) in [5.74, 6) is 1.88. The predicted molar refractivity (Wildman–Crippen MR) is 93.0 cm³/mol. The van der Waals surface area contributed by atoms with Gasteiger partial charge in [0.05, 0.1) is 10.2 Å². The summed E-state index contributed by atoms with van der Waals surface area (Å²) in [6, 6.07) is 7.60. The van der Waals surface area contributed by atoms with Gasteiger partial charge in [-0.3, -0.25) is 0 Å². The Morgan fingerprint density at radius 2 is 1.86 bits per heavy atom. The van der Waals surface area contributed by atoms with E-state index in [0.717, 1.165) is 40.3 Å². The molecule has 3 nitrogen and oxygen atoms in total. The van der Waals surface area contributed by atoms with Gasteiger partial charge in [-0.2, -0.15) is 0 Å². The third-order valence-electron chi connectivity index (χ3n) is 3.07. The van der Waals surface area contributed by atoms with E-state index in [1.807, 2.05) is 24.3 Å². The van der Waals surface area contributed by atoms with Gasteiger partial charge in [-0.05, 0) is 52.5 Å². The van der Waals surface area contributed by atoms with Crippen LogP contribution in [0.1, 0.15) is 38.8 Å². The number of hydrogen-bond donors (Lipinski definition) is 1. The molecule has 0 spiro atoms. The molecule has 0 aliphatic rings. The summed E-state index contributed by atoms with van der Waals surface area (Å²) < 4.78 is 0.948. The van der Waals surface area contributed by atoms with Crippen molar-refractivity contribution in [2.45, 2.75) is 33.1 Å². The first kappa shape index (κ1) is 16.2. The van der Waals surface area contributed by atoms with E-state index >= 15 is 0 Å². The molecule has 0 bridgehead atoms. The largest absolute Gasteiger partial charge is 0.369 e. The van der Waals surface area contributed by atoms with Crippen LogP contribution in [-0.4, -0.2) is 16.5 Å². The molecule has 0 saturated heterocycles. The van der Waals surface area contributed by atoms with Crippen LogP contribution in [0.4, 0.5) is 5.82 Å². The van der Waals surface area contributed by atoms with Crippen LogP contribution < -0.4 is 5.32 Å². The van der Waals surface area contributed by atoms with E-state index in [2.05, 4.69) is 47.0 Å². The number of nitrogens with one attached hydrogen (secondary N) is 1. The highest BCUT2D eigenvalue weighted by Crippen LogP contribution is 2.31. The summed E-state index contributed by atoms with van der Waals surface area (Å²) in [5, 5.41) is 4.07. The summed E-state index contributed by atoms with van der Waals surface area (Å²) in [6.45, 7) is 7.27. The molecular formula is C16H19BrClN3. The van der Waals surface area contributed by atoms with Crippen LogP contribution in [0.3, 0.4) is 0 Å². The highest BCUT2D eigenvalue weighted by atomic mass is 79.9. The molecular weight excluding hydrogens is 350 g/mol. The zero-order chi connectivity index (χ0) is 15.4. The lowest BCUT2D eigenvalue weighted by atomic mass is 10.1. The molecule has 1 heterocycles. The van der Waals surface area contributed by atoms with Crippen molar-refractivity contribution >= 4 is 33.3 Å². The molecule has 0 amide bonds. The third kappa shape index (κ3) is 3.95. The molecule has 0 atom stereocenters. The number of benzene rings is 1. The molecule has 0 aliphatic heterocycles. The maximum atomic E-state index is 5.95. The van der Waals surface area contributed by atoms with Crippen molar-refractivity contribution in [1.82, 2.24) is 9.97 Å².